The van der Waals surface area contributed by atoms with Crippen LogP contribution in [0.1, 0.15) is 43.5 Å². The topological polar surface area (TPSA) is 67.9 Å². The number of hydrogen-bond donors (Lipinski definition) is 1. The van der Waals surface area contributed by atoms with Gasteiger partial charge in [0.1, 0.15) is 5.75 Å². The minimum atomic E-state index is -0.283. The summed E-state index contributed by atoms with van der Waals surface area (Å²) >= 11 is 5.37. The molecule has 0 bridgehead atoms. The number of carbonyl (C=O) groups is 2. The standard InChI is InChI=1S/C19H26N2O4S/c1-3-13-25-16-8-6-5-7-15(16)17(22)20-19(26)21-11-9-14(10-12-21)18(23)24-4-2/h5-8,14H,3-4,9-13H2,1-2H3,(H,20,22,26). The van der Waals surface area contributed by atoms with Crippen LogP contribution in [0, 0.1) is 5.92 Å². The summed E-state index contributed by atoms with van der Waals surface area (Å²) in [7, 11) is 0. The fraction of sp³-hybridized carbons (Fsp3) is 0.526. The van der Waals surface area contributed by atoms with Crippen molar-refractivity contribution in [2.75, 3.05) is 26.3 Å². The molecule has 1 aliphatic heterocycles. The fourth-order valence-corrected chi connectivity index (χ4v) is 3.09. The van der Waals surface area contributed by atoms with Crippen LogP contribution in [0.15, 0.2) is 24.3 Å². The van der Waals surface area contributed by atoms with Crippen LogP contribution in [-0.2, 0) is 9.53 Å². The van der Waals surface area contributed by atoms with Crippen LogP contribution in [0.2, 0.25) is 0 Å². The van der Waals surface area contributed by atoms with E-state index in [1.165, 1.54) is 0 Å². The summed E-state index contributed by atoms with van der Waals surface area (Å²) in [5.74, 6) is 0.0295. The molecule has 0 radical (unpaired) electrons. The van der Waals surface area contributed by atoms with E-state index < -0.39 is 0 Å². The molecule has 142 valence electrons. The zero-order chi connectivity index (χ0) is 18.9. The second-order valence-corrected chi connectivity index (χ2v) is 6.50. The molecule has 0 saturated carbocycles. The molecule has 1 amide bonds. The van der Waals surface area contributed by atoms with Crippen LogP contribution in [0.25, 0.3) is 0 Å². The van der Waals surface area contributed by atoms with Gasteiger partial charge in [-0.3, -0.25) is 14.9 Å². The van der Waals surface area contributed by atoms with Crippen molar-refractivity contribution >= 4 is 29.2 Å². The Bertz CT molecular complexity index is 642. The molecule has 1 aromatic carbocycles. The SMILES string of the molecule is CCCOc1ccccc1C(=O)NC(=S)N1CCC(C(=O)OCC)CC1. The molecule has 1 aromatic rings. The number of likely N-dealkylation sites (tertiary alicyclic amines) is 1. The van der Waals surface area contributed by atoms with Gasteiger partial charge in [0.25, 0.3) is 5.91 Å². The van der Waals surface area contributed by atoms with Gasteiger partial charge in [-0.1, -0.05) is 19.1 Å². The van der Waals surface area contributed by atoms with Crippen molar-refractivity contribution in [2.45, 2.75) is 33.1 Å². The number of rotatable bonds is 6. The highest BCUT2D eigenvalue weighted by molar-refractivity contribution is 7.80. The van der Waals surface area contributed by atoms with Gasteiger partial charge in [-0.2, -0.15) is 0 Å². The van der Waals surface area contributed by atoms with Crippen LogP contribution in [0.4, 0.5) is 0 Å². The molecule has 1 saturated heterocycles. The summed E-state index contributed by atoms with van der Waals surface area (Å²) in [6.07, 6.45) is 2.21. The van der Waals surface area contributed by atoms with Gasteiger partial charge >= 0.3 is 5.97 Å². The van der Waals surface area contributed by atoms with Gasteiger partial charge in [0.05, 0.1) is 24.7 Å². The third-order valence-corrected chi connectivity index (χ3v) is 4.58. The minimum Gasteiger partial charge on any atom is -0.493 e. The molecule has 7 heteroatoms. The number of thiocarbonyl (C=S) groups is 1. The lowest BCUT2D eigenvalue weighted by molar-refractivity contribution is -0.149. The van der Waals surface area contributed by atoms with Crippen LogP contribution in [0.3, 0.4) is 0 Å². The van der Waals surface area contributed by atoms with Crippen LogP contribution < -0.4 is 10.1 Å². The fourth-order valence-electron chi connectivity index (χ4n) is 2.81. The maximum absolute atomic E-state index is 12.6. The first-order valence-electron chi connectivity index (χ1n) is 9.05. The van der Waals surface area contributed by atoms with E-state index in [-0.39, 0.29) is 17.8 Å². The van der Waals surface area contributed by atoms with Gasteiger partial charge < -0.3 is 14.4 Å². The molecular formula is C19H26N2O4S. The molecule has 1 heterocycles. The number of carbonyl (C=O) groups excluding carboxylic acids is 2. The predicted octanol–water partition coefficient (Wildman–Crippen LogP) is 2.77. The molecule has 1 fully saturated rings. The molecule has 1 aliphatic rings. The van der Waals surface area contributed by atoms with E-state index in [4.69, 9.17) is 21.7 Å². The number of para-hydroxylation sites is 1. The highest BCUT2D eigenvalue weighted by Crippen LogP contribution is 2.20. The Morgan fingerprint density at radius 2 is 1.92 bits per heavy atom. The molecule has 6 nitrogen and oxygen atoms in total. The second kappa shape index (κ2) is 10.1. The first-order valence-corrected chi connectivity index (χ1v) is 9.46. The number of benzene rings is 1. The molecule has 0 aliphatic carbocycles. The molecule has 26 heavy (non-hydrogen) atoms. The van der Waals surface area contributed by atoms with Gasteiger partial charge in [0.15, 0.2) is 5.11 Å². The highest BCUT2D eigenvalue weighted by atomic mass is 32.1. The molecule has 0 unspecified atom stereocenters. The van der Waals surface area contributed by atoms with Gasteiger partial charge in [0, 0.05) is 13.1 Å². The first-order chi connectivity index (χ1) is 12.6. The Balaban J connectivity index is 1.90. The van der Waals surface area contributed by atoms with Crippen molar-refractivity contribution in [3.05, 3.63) is 29.8 Å². The number of nitrogens with zero attached hydrogens (tertiary/aromatic N) is 1. The van der Waals surface area contributed by atoms with Crippen LogP contribution in [-0.4, -0.2) is 48.2 Å². The molecule has 0 atom stereocenters. The molecule has 1 N–H and O–H groups in total. The monoisotopic (exact) mass is 378 g/mol. The van der Waals surface area contributed by atoms with Crippen molar-refractivity contribution in [1.82, 2.24) is 10.2 Å². The van der Waals surface area contributed by atoms with Gasteiger partial charge in [-0.15, -0.1) is 0 Å². The lowest BCUT2D eigenvalue weighted by atomic mass is 9.97. The number of piperidine rings is 1. The summed E-state index contributed by atoms with van der Waals surface area (Å²) in [4.78, 5) is 26.3. The number of ether oxygens (including phenoxy) is 2. The van der Waals surface area contributed by atoms with Gasteiger partial charge in [-0.05, 0) is 50.5 Å². The Morgan fingerprint density at radius 3 is 2.58 bits per heavy atom. The van der Waals surface area contributed by atoms with E-state index in [0.717, 1.165) is 6.42 Å². The number of nitrogens with one attached hydrogen (secondary N) is 1. The lowest BCUT2D eigenvalue weighted by Crippen LogP contribution is -2.47. The van der Waals surface area contributed by atoms with Crippen molar-refractivity contribution in [2.24, 2.45) is 5.92 Å². The van der Waals surface area contributed by atoms with Crippen molar-refractivity contribution in [1.29, 1.82) is 0 Å². The summed E-state index contributed by atoms with van der Waals surface area (Å²) in [6.45, 7) is 6.01. The Labute approximate surface area is 159 Å². The van der Waals surface area contributed by atoms with E-state index in [9.17, 15) is 9.59 Å². The normalized spacial score (nSPS) is 14.6. The summed E-state index contributed by atoms with van der Waals surface area (Å²) in [5, 5.41) is 3.15. The Hall–Kier alpha value is -2.15. The quantitative estimate of drug-likeness (QED) is 0.606. The second-order valence-electron chi connectivity index (χ2n) is 6.12. The Morgan fingerprint density at radius 1 is 1.23 bits per heavy atom. The smallest absolute Gasteiger partial charge is 0.309 e. The van der Waals surface area contributed by atoms with Crippen molar-refractivity contribution in [3.63, 3.8) is 0 Å². The van der Waals surface area contributed by atoms with E-state index in [0.29, 0.717) is 55.6 Å². The summed E-state index contributed by atoms with van der Waals surface area (Å²) in [6, 6.07) is 7.12. The van der Waals surface area contributed by atoms with E-state index in [2.05, 4.69) is 5.32 Å². The van der Waals surface area contributed by atoms with E-state index >= 15 is 0 Å². The van der Waals surface area contributed by atoms with Crippen LogP contribution in [0.5, 0.6) is 5.75 Å². The lowest BCUT2D eigenvalue weighted by Gasteiger charge is -2.32. The largest absolute Gasteiger partial charge is 0.493 e. The number of esters is 1. The predicted molar refractivity (Wildman–Crippen MR) is 103 cm³/mol. The maximum Gasteiger partial charge on any atom is 0.309 e. The molecular weight excluding hydrogens is 352 g/mol. The highest BCUT2D eigenvalue weighted by Gasteiger charge is 2.27. The third kappa shape index (κ3) is 5.42. The van der Waals surface area contributed by atoms with Crippen molar-refractivity contribution in [3.8, 4) is 5.75 Å². The number of amides is 1. The van der Waals surface area contributed by atoms with Gasteiger partial charge in [-0.25, -0.2) is 0 Å². The minimum absolute atomic E-state index is 0.0899. The maximum atomic E-state index is 12.6. The molecule has 0 aromatic heterocycles. The zero-order valence-corrected chi connectivity index (χ0v) is 16.1. The molecule has 0 spiro atoms. The third-order valence-electron chi connectivity index (χ3n) is 4.22. The molecule has 2 rings (SSSR count). The zero-order valence-electron chi connectivity index (χ0n) is 15.3. The summed E-state index contributed by atoms with van der Waals surface area (Å²) < 4.78 is 10.7. The van der Waals surface area contributed by atoms with Crippen LogP contribution >= 0.6 is 12.2 Å². The average molecular weight is 378 g/mol. The number of hydrogen-bond acceptors (Lipinski definition) is 5. The Kier molecular flexibility index (Phi) is 7.84. The average Bonchev–Trinajstić information content (AvgIpc) is 2.66. The van der Waals surface area contributed by atoms with E-state index in [1.807, 2.05) is 17.9 Å². The summed E-state index contributed by atoms with van der Waals surface area (Å²) in [5.41, 5.74) is 0.463. The van der Waals surface area contributed by atoms with Gasteiger partial charge in [0.2, 0.25) is 0 Å². The van der Waals surface area contributed by atoms with E-state index in [1.54, 1.807) is 25.1 Å². The first kappa shape index (κ1) is 20.2. The van der Waals surface area contributed by atoms with Crippen molar-refractivity contribution < 1.29 is 19.1 Å².